The molecule has 7 atom stereocenters. The van der Waals surface area contributed by atoms with E-state index in [1.54, 1.807) is 6.08 Å². The quantitative estimate of drug-likeness (QED) is 0.0262. The van der Waals surface area contributed by atoms with Gasteiger partial charge in [-0.05, 0) is 19.3 Å². The summed E-state index contributed by atoms with van der Waals surface area (Å²) in [4.78, 5) is 13.0. The molecule has 0 aromatic heterocycles. The largest absolute Gasteiger partial charge is 0.394 e. The molecule has 0 radical (unpaired) electrons. The topological polar surface area (TPSA) is 149 Å². The summed E-state index contributed by atoms with van der Waals surface area (Å²) in [5.41, 5.74) is 0. The van der Waals surface area contributed by atoms with Gasteiger partial charge in [-0.2, -0.15) is 0 Å². The molecule has 2 unspecified atom stereocenters. The number of aliphatic hydroxyl groups excluding tert-OH is 5. The summed E-state index contributed by atoms with van der Waals surface area (Å²) in [7, 11) is 0. The normalized spacial score (nSPS) is 20.6. The summed E-state index contributed by atoms with van der Waals surface area (Å²) in [6.07, 6.45) is 42.6. The van der Waals surface area contributed by atoms with Crippen molar-refractivity contribution in [3.63, 3.8) is 0 Å². The van der Waals surface area contributed by atoms with E-state index in [1.807, 2.05) is 6.08 Å². The number of hydrogen-bond donors (Lipinski definition) is 6. The van der Waals surface area contributed by atoms with Crippen molar-refractivity contribution in [1.82, 2.24) is 5.32 Å². The zero-order valence-corrected chi connectivity index (χ0v) is 39.2. The summed E-state index contributed by atoms with van der Waals surface area (Å²) in [6, 6.07) is -0.798. The fraction of sp³-hybridized carbons (Fsp3) is 0.941. The highest BCUT2D eigenvalue weighted by atomic mass is 16.7. The van der Waals surface area contributed by atoms with Gasteiger partial charge in [0, 0.05) is 6.42 Å². The number of rotatable bonds is 44. The van der Waals surface area contributed by atoms with E-state index < -0.39 is 49.5 Å². The van der Waals surface area contributed by atoms with Crippen LogP contribution in [-0.4, -0.2) is 87.5 Å². The van der Waals surface area contributed by atoms with Crippen LogP contribution in [0.4, 0.5) is 0 Å². The summed E-state index contributed by atoms with van der Waals surface area (Å²) in [5.74, 6) is -0.172. The molecule has 9 heteroatoms. The molecule has 0 bridgehead atoms. The average Bonchev–Trinajstić information content (AvgIpc) is 3.25. The van der Waals surface area contributed by atoms with E-state index in [4.69, 9.17) is 9.47 Å². The first-order valence-electron chi connectivity index (χ1n) is 25.9. The summed E-state index contributed by atoms with van der Waals surface area (Å²) < 4.78 is 11.2. The summed E-state index contributed by atoms with van der Waals surface area (Å²) >= 11 is 0. The van der Waals surface area contributed by atoms with Crippen molar-refractivity contribution in [3.8, 4) is 0 Å². The molecule has 1 aliphatic rings. The van der Waals surface area contributed by atoms with Crippen molar-refractivity contribution < 1.29 is 39.8 Å². The lowest BCUT2D eigenvalue weighted by Gasteiger charge is -2.40. The second-order valence-corrected chi connectivity index (χ2v) is 18.3. The van der Waals surface area contributed by atoms with Crippen LogP contribution in [0, 0.1) is 0 Å². The van der Waals surface area contributed by atoms with E-state index in [-0.39, 0.29) is 12.5 Å². The van der Waals surface area contributed by atoms with Crippen molar-refractivity contribution in [2.75, 3.05) is 13.2 Å². The molecule has 1 rings (SSSR count). The van der Waals surface area contributed by atoms with E-state index in [9.17, 15) is 30.3 Å². The fourth-order valence-corrected chi connectivity index (χ4v) is 8.45. The van der Waals surface area contributed by atoms with Crippen molar-refractivity contribution in [2.45, 2.75) is 294 Å². The van der Waals surface area contributed by atoms with Crippen LogP contribution >= 0.6 is 0 Å². The molecule has 1 amide bonds. The van der Waals surface area contributed by atoms with Gasteiger partial charge in [0.25, 0.3) is 0 Å². The molecular weight excluding hydrogens is 755 g/mol. The third kappa shape index (κ3) is 31.7. The van der Waals surface area contributed by atoms with Crippen molar-refractivity contribution in [2.24, 2.45) is 0 Å². The number of nitrogens with one attached hydrogen (secondary N) is 1. The van der Waals surface area contributed by atoms with E-state index in [0.717, 1.165) is 38.5 Å². The Labute approximate surface area is 369 Å². The first kappa shape index (κ1) is 56.9. The average molecular weight is 854 g/mol. The van der Waals surface area contributed by atoms with Gasteiger partial charge < -0.3 is 40.3 Å². The highest BCUT2D eigenvalue weighted by Gasteiger charge is 2.44. The Hall–Kier alpha value is -1.07. The van der Waals surface area contributed by atoms with Gasteiger partial charge in [-0.25, -0.2) is 0 Å². The van der Waals surface area contributed by atoms with Crippen LogP contribution in [0.25, 0.3) is 0 Å². The number of aliphatic hydroxyl groups is 5. The van der Waals surface area contributed by atoms with Crippen LogP contribution in [0.1, 0.15) is 251 Å². The molecule has 1 fully saturated rings. The zero-order valence-electron chi connectivity index (χ0n) is 39.2. The minimum absolute atomic E-state index is 0.172. The van der Waals surface area contributed by atoms with Crippen molar-refractivity contribution in [1.29, 1.82) is 0 Å². The number of carbonyl (C=O) groups is 1. The molecule has 60 heavy (non-hydrogen) atoms. The van der Waals surface area contributed by atoms with Crippen LogP contribution < -0.4 is 5.32 Å². The molecular formula is C51H99NO8. The monoisotopic (exact) mass is 854 g/mol. The van der Waals surface area contributed by atoms with E-state index in [0.29, 0.717) is 6.42 Å². The van der Waals surface area contributed by atoms with Gasteiger partial charge in [0.2, 0.25) is 5.91 Å². The summed E-state index contributed by atoms with van der Waals surface area (Å²) in [5, 5.41) is 54.3. The standard InChI is InChI=1S/C51H99NO8/c1-3-5-7-9-11-13-15-17-19-20-21-22-23-24-25-26-27-29-31-33-35-37-39-41-47(55)52-44(43-59-51-50(58)49(57)48(56)46(42-53)60-51)45(54)40-38-36-34-32-30-28-18-16-14-12-10-8-6-4-2/h38,40,44-46,48-51,53-54,56-58H,3-37,39,41-43H2,1-2H3,(H,52,55)/b40-38+/t44-,45+,46+,48+,49?,50?,51+/m0/s1. The number of carbonyl (C=O) groups excluding carboxylic acids is 1. The highest BCUT2D eigenvalue weighted by Crippen LogP contribution is 2.23. The minimum Gasteiger partial charge on any atom is -0.394 e. The summed E-state index contributed by atoms with van der Waals surface area (Å²) in [6.45, 7) is 3.80. The number of ether oxygens (including phenoxy) is 2. The molecule has 356 valence electrons. The Morgan fingerprint density at radius 2 is 0.917 bits per heavy atom. The highest BCUT2D eigenvalue weighted by molar-refractivity contribution is 5.76. The first-order chi connectivity index (χ1) is 29.3. The van der Waals surface area contributed by atoms with Crippen LogP contribution in [0.5, 0.6) is 0 Å². The maximum absolute atomic E-state index is 13.0. The molecule has 6 N–H and O–H groups in total. The third-order valence-corrected chi connectivity index (χ3v) is 12.6. The van der Waals surface area contributed by atoms with Gasteiger partial charge in [-0.1, -0.05) is 238 Å². The molecule has 0 aromatic carbocycles. The molecule has 0 aliphatic carbocycles. The van der Waals surface area contributed by atoms with Gasteiger partial charge in [0.15, 0.2) is 6.29 Å². The van der Waals surface area contributed by atoms with Gasteiger partial charge in [0.05, 0.1) is 25.4 Å². The molecule has 0 spiro atoms. The van der Waals surface area contributed by atoms with Gasteiger partial charge in [-0.3, -0.25) is 4.79 Å². The maximum atomic E-state index is 13.0. The lowest BCUT2D eigenvalue weighted by atomic mass is 9.99. The Kier molecular flexibility index (Phi) is 39.8. The molecule has 1 saturated heterocycles. The van der Waals surface area contributed by atoms with Gasteiger partial charge >= 0.3 is 0 Å². The Morgan fingerprint density at radius 1 is 0.550 bits per heavy atom. The Bertz CT molecular complexity index is 950. The smallest absolute Gasteiger partial charge is 0.220 e. The number of allylic oxidation sites excluding steroid dienone is 1. The van der Waals surface area contributed by atoms with E-state index in [2.05, 4.69) is 19.2 Å². The first-order valence-corrected chi connectivity index (χ1v) is 25.9. The second kappa shape index (κ2) is 41.9. The fourth-order valence-electron chi connectivity index (χ4n) is 8.45. The molecule has 0 aromatic rings. The van der Waals surface area contributed by atoms with Crippen LogP contribution in [-0.2, 0) is 14.3 Å². The Morgan fingerprint density at radius 3 is 1.30 bits per heavy atom. The minimum atomic E-state index is -1.56. The molecule has 1 aliphatic heterocycles. The second-order valence-electron chi connectivity index (χ2n) is 18.3. The van der Waals surface area contributed by atoms with Crippen molar-refractivity contribution in [3.05, 3.63) is 12.2 Å². The molecule has 0 saturated carbocycles. The third-order valence-electron chi connectivity index (χ3n) is 12.6. The lowest BCUT2D eigenvalue weighted by Crippen LogP contribution is -2.60. The Balaban J connectivity index is 2.24. The van der Waals surface area contributed by atoms with Crippen LogP contribution in [0.15, 0.2) is 12.2 Å². The SMILES string of the molecule is CCCCCCCCCCCCCC/C=C/[C@@H](O)[C@H](CO[C@@H]1O[C@H](CO)[C@@H](O)C(O)C1O)NC(=O)CCCCCCCCCCCCCCCCCCCCCCCCC. The van der Waals surface area contributed by atoms with Crippen LogP contribution in [0.3, 0.4) is 0 Å². The van der Waals surface area contributed by atoms with E-state index >= 15 is 0 Å². The number of hydrogen-bond acceptors (Lipinski definition) is 8. The molecule has 1 heterocycles. The molecule has 9 nitrogen and oxygen atoms in total. The van der Waals surface area contributed by atoms with Gasteiger partial charge in [-0.15, -0.1) is 0 Å². The van der Waals surface area contributed by atoms with E-state index in [1.165, 1.54) is 193 Å². The lowest BCUT2D eigenvalue weighted by molar-refractivity contribution is -0.302. The van der Waals surface area contributed by atoms with Crippen LogP contribution in [0.2, 0.25) is 0 Å². The van der Waals surface area contributed by atoms with Crippen molar-refractivity contribution >= 4 is 5.91 Å². The number of amides is 1. The number of unbranched alkanes of at least 4 members (excludes halogenated alkanes) is 34. The predicted molar refractivity (Wildman–Crippen MR) is 249 cm³/mol. The maximum Gasteiger partial charge on any atom is 0.220 e. The zero-order chi connectivity index (χ0) is 43.7. The van der Waals surface area contributed by atoms with Gasteiger partial charge in [0.1, 0.15) is 24.4 Å². The predicted octanol–water partition coefficient (Wildman–Crippen LogP) is 11.7.